The first-order valence-electron chi connectivity index (χ1n) is 5.32. The summed E-state index contributed by atoms with van der Waals surface area (Å²) in [6.07, 6.45) is 0.763. The summed E-state index contributed by atoms with van der Waals surface area (Å²) in [7, 11) is 1.89. The Labute approximate surface area is 108 Å². The summed E-state index contributed by atoms with van der Waals surface area (Å²) in [5.74, 6) is -1.06. The summed E-state index contributed by atoms with van der Waals surface area (Å²) in [5, 5.41) is 8.51. The van der Waals surface area contributed by atoms with Gasteiger partial charge in [-0.25, -0.2) is 4.39 Å². The van der Waals surface area contributed by atoms with Gasteiger partial charge in [-0.2, -0.15) is 0 Å². The highest BCUT2D eigenvalue weighted by Crippen LogP contribution is 2.16. The molecule has 1 aromatic carbocycles. The first kappa shape index (κ1) is 14.1. The number of halogens is 2. The number of carboxylic acid groups (broad SMARTS) is 1. The van der Waals surface area contributed by atoms with Gasteiger partial charge in [-0.05, 0) is 43.8 Å². The zero-order chi connectivity index (χ0) is 12.8. The van der Waals surface area contributed by atoms with Gasteiger partial charge in [0, 0.05) is 17.4 Å². The van der Waals surface area contributed by atoms with Crippen LogP contribution in [-0.2, 0) is 11.3 Å². The van der Waals surface area contributed by atoms with Crippen LogP contribution in [0.4, 0.5) is 4.39 Å². The molecule has 17 heavy (non-hydrogen) atoms. The number of aliphatic carboxylic acids is 1. The van der Waals surface area contributed by atoms with E-state index in [1.165, 1.54) is 12.1 Å². The number of carboxylic acids is 1. The van der Waals surface area contributed by atoms with Gasteiger partial charge >= 0.3 is 5.97 Å². The fourth-order valence-electron chi connectivity index (χ4n) is 1.59. The van der Waals surface area contributed by atoms with Gasteiger partial charge in [0.15, 0.2) is 0 Å². The van der Waals surface area contributed by atoms with Crippen molar-refractivity contribution in [3.63, 3.8) is 0 Å². The minimum Gasteiger partial charge on any atom is -0.481 e. The van der Waals surface area contributed by atoms with Crippen LogP contribution in [0, 0.1) is 5.82 Å². The van der Waals surface area contributed by atoms with Gasteiger partial charge in [0.2, 0.25) is 0 Å². The number of benzene rings is 1. The van der Waals surface area contributed by atoms with Gasteiger partial charge < -0.3 is 10.0 Å². The van der Waals surface area contributed by atoms with E-state index in [1.807, 2.05) is 18.0 Å². The lowest BCUT2D eigenvalue weighted by molar-refractivity contribution is -0.137. The first-order chi connectivity index (χ1) is 7.97. The summed E-state index contributed by atoms with van der Waals surface area (Å²) >= 11 is 3.24. The SMILES string of the molecule is CN(CCCC(=O)O)Cc1cc(F)cc(Br)c1. The standard InChI is InChI=1S/C12H15BrFNO2/c1-15(4-2-3-12(16)17)8-9-5-10(13)7-11(14)6-9/h5-7H,2-4,8H2,1H3,(H,16,17). The van der Waals surface area contributed by atoms with Crippen LogP contribution in [0.15, 0.2) is 22.7 Å². The number of nitrogens with zero attached hydrogens (tertiary/aromatic N) is 1. The molecular formula is C12H15BrFNO2. The van der Waals surface area contributed by atoms with Crippen molar-refractivity contribution < 1.29 is 14.3 Å². The molecule has 0 aromatic heterocycles. The molecule has 0 unspecified atom stereocenters. The minimum absolute atomic E-state index is 0.164. The molecule has 0 aliphatic carbocycles. The Morgan fingerprint density at radius 1 is 1.47 bits per heavy atom. The van der Waals surface area contributed by atoms with Crippen LogP contribution in [0.3, 0.4) is 0 Å². The van der Waals surface area contributed by atoms with Crippen LogP contribution < -0.4 is 0 Å². The maximum Gasteiger partial charge on any atom is 0.303 e. The highest BCUT2D eigenvalue weighted by molar-refractivity contribution is 9.10. The second-order valence-electron chi connectivity index (χ2n) is 4.01. The third-order valence-electron chi connectivity index (χ3n) is 2.31. The fraction of sp³-hybridized carbons (Fsp3) is 0.417. The van der Waals surface area contributed by atoms with E-state index < -0.39 is 5.97 Å². The van der Waals surface area contributed by atoms with E-state index in [9.17, 15) is 9.18 Å². The lowest BCUT2D eigenvalue weighted by atomic mass is 10.2. The molecule has 0 aliphatic heterocycles. The van der Waals surface area contributed by atoms with Gasteiger partial charge in [-0.1, -0.05) is 15.9 Å². The lowest BCUT2D eigenvalue weighted by Crippen LogP contribution is -2.19. The predicted octanol–water partition coefficient (Wildman–Crippen LogP) is 2.88. The average molecular weight is 304 g/mol. The molecule has 94 valence electrons. The molecule has 1 N–H and O–H groups in total. The summed E-state index contributed by atoms with van der Waals surface area (Å²) in [5.41, 5.74) is 0.870. The number of carbonyl (C=O) groups is 1. The molecule has 0 saturated carbocycles. The number of hydrogen-bond donors (Lipinski definition) is 1. The number of hydrogen-bond acceptors (Lipinski definition) is 2. The van der Waals surface area contributed by atoms with E-state index in [-0.39, 0.29) is 12.2 Å². The van der Waals surface area contributed by atoms with E-state index >= 15 is 0 Å². The quantitative estimate of drug-likeness (QED) is 0.878. The van der Waals surface area contributed by atoms with Crippen LogP contribution in [0.5, 0.6) is 0 Å². The Kier molecular flexibility index (Phi) is 5.58. The van der Waals surface area contributed by atoms with Crippen LogP contribution >= 0.6 is 15.9 Å². The zero-order valence-electron chi connectivity index (χ0n) is 9.62. The highest BCUT2D eigenvalue weighted by atomic mass is 79.9. The molecule has 1 aromatic rings. The summed E-state index contributed by atoms with van der Waals surface area (Å²) < 4.78 is 13.8. The van der Waals surface area contributed by atoms with Crippen molar-refractivity contribution in [2.75, 3.05) is 13.6 Å². The normalized spacial score (nSPS) is 10.8. The Morgan fingerprint density at radius 3 is 2.76 bits per heavy atom. The maximum absolute atomic E-state index is 13.1. The van der Waals surface area contributed by atoms with Crippen LogP contribution in [0.2, 0.25) is 0 Å². The highest BCUT2D eigenvalue weighted by Gasteiger charge is 2.04. The van der Waals surface area contributed by atoms with Gasteiger partial charge in [0.25, 0.3) is 0 Å². The monoisotopic (exact) mass is 303 g/mol. The molecule has 0 spiro atoms. The van der Waals surface area contributed by atoms with Crippen LogP contribution in [0.25, 0.3) is 0 Å². The van der Waals surface area contributed by atoms with E-state index in [4.69, 9.17) is 5.11 Å². The van der Waals surface area contributed by atoms with Crippen molar-refractivity contribution in [1.82, 2.24) is 4.90 Å². The smallest absolute Gasteiger partial charge is 0.303 e. The van der Waals surface area contributed by atoms with Crippen LogP contribution in [0.1, 0.15) is 18.4 Å². The Bertz CT molecular complexity index is 378. The third-order valence-corrected chi connectivity index (χ3v) is 2.76. The predicted molar refractivity (Wildman–Crippen MR) is 67.3 cm³/mol. The third kappa shape index (κ3) is 5.79. The van der Waals surface area contributed by atoms with Crippen molar-refractivity contribution >= 4 is 21.9 Å². The van der Waals surface area contributed by atoms with Crippen molar-refractivity contribution in [3.05, 3.63) is 34.1 Å². The van der Waals surface area contributed by atoms with E-state index in [0.29, 0.717) is 24.0 Å². The van der Waals surface area contributed by atoms with E-state index in [1.54, 1.807) is 0 Å². The Hall–Kier alpha value is -0.940. The molecule has 0 atom stereocenters. The van der Waals surface area contributed by atoms with Crippen molar-refractivity contribution in [2.24, 2.45) is 0 Å². The van der Waals surface area contributed by atoms with E-state index in [0.717, 1.165) is 5.56 Å². The van der Waals surface area contributed by atoms with Crippen molar-refractivity contribution in [2.45, 2.75) is 19.4 Å². The van der Waals surface area contributed by atoms with Gasteiger partial charge in [-0.15, -0.1) is 0 Å². The summed E-state index contributed by atoms with van der Waals surface area (Å²) in [6.45, 7) is 1.29. The molecule has 5 heteroatoms. The Balaban J connectivity index is 2.44. The summed E-state index contributed by atoms with van der Waals surface area (Å²) in [6, 6.07) is 4.75. The van der Waals surface area contributed by atoms with Gasteiger partial charge in [-0.3, -0.25) is 4.79 Å². The molecular weight excluding hydrogens is 289 g/mol. The lowest BCUT2D eigenvalue weighted by Gasteiger charge is -2.16. The molecule has 3 nitrogen and oxygen atoms in total. The first-order valence-corrected chi connectivity index (χ1v) is 6.12. The molecule has 0 heterocycles. The van der Waals surface area contributed by atoms with Crippen molar-refractivity contribution in [3.8, 4) is 0 Å². The molecule has 0 saturated heterocycles. The largest absolute Gasteiger partial charge is 0.481 e. The zero-order valence-corrected chi connectivity index (χ0v) is 11.2. The molecule has 1 rings (SSSR count). The average Bonchev–Trinajstić information content (AvgIpc) is 2.14. The molecule has 0 fully saturated rings. The van der Waals surface area contributed by atoms with Gasteiger partial charge in [0.1, 0.15) is 5.82 Å². The van der Waals surface area contributed by atoms with Crippen LogP contribution in [-0.4, -0.2) is 29.6 Å². The minimum atomic E-state index is -0.785. The fourth-order valence-corrected chi connectivity index (χ4v) is 2.11. The second kappa shape index (κ2) is 6.71. The van der Waals surface area contributed by atoms with E-state index in [2.05, 4.69) is 15.9 Å². The van der Waals surface area contributed by atoms with Crippen molar-refractivity contribution in [1.29, 1.82) is 0 Å². The number of rotatable bonds is 6. The molecule has 0 bridgehead atoms. The Morgan fingerprint density at radius 2 is 2.18 bits per heavy atom. The second-order valence-corrected chi connectivity index (χ2v) is 4.93. The maximum atomic E-state index is 13.1. The molecule has 0 radical (unpaired) electrons. The topological polar surface area (TPSA) is 40.5 Å². The molecule has 0 aliphatic rings. The van der Waals surface area contributed by atoms with Gasteiger partial charge in [0.05, 0.1) is 0 Å². The molecule has 0 amide bonds. The summed E-state index contributed by atoms with van der Waals surface area (Å²) in [4.78, 5) is 12.3.